The quantitative estimate of drug-likeness (QED) is 0.638. The Morgan fingerprint density at radius 2 is 2.09 bits per heavy atom. The summed E-state index contributed by atoms with van der Waals surface area (Å²) in [6.07, 6.45) is 0. The van der Waals surface area contributed by atoms with E-state index in [-0.39, 0.29) is 0 Å². The number of nitrogens with zero attached hydrogens (tertiary/aromatic N) is 3. The van der Waals surface area contributed by atoms with E-state index in [4.69, 9.17) is 0 Å². The Morgan fingerprint density at radius 3 is 2.82 bits per heavy atom. The highest BCUT2D eigenvalue weighted by Crippen LogP contribution is 2.29. The summed E-state index contributed by atoms with van der Waals surface area (Å²) in [6.45, 7) is 2.72. The molecule has 7 heteroatoms. The normalized spacial score (nSPS) is 11.0. The van der Waals surface area contributed by atoms with Gasteiger partial charge in [0, 0.05) is 17.9 Å². The molecule has 0 aliphatic heterocycles. The minimum absolute atomic E-state index is 0.312. The molecule has 0 fully saturated rings. The molecule has 0 amide bonds. The Kier molecular flexibility index (Phi) is 4.54. The highest BCUT2D eigenvalue weighted by atomic mass is 32.2. The van der Waals surface area contributed by atoms with Crippen LogP contribution in [0.1, 0.15) is 12.5 Å². The number of thioether (sulfide) groups is 1. The van der Waals surface area contributed by atoms with E-state index in [9.17, 15) is 8.78 Å². The molecule has 2 aromatic heterocycles. The van der Waals surface area contributed by atoms with E-state index in [1.165, 1.54) is 17.8 Å². The van der Waals surface area contributed by atoms with Crippen LogP contribution >= 0.6 is 23.1 Å². The van der Waals surface area contributed by atoms with Gasteiger partial charge in [-0.1, -0.05) is 17.8 Å². The minimum atomic E-state index is -0.437. The zero-order chi connectivity index (χ0) is 15.5. The maximum absolute atomic E-state index is 13.7. The molecule has 114 valence electrons. The van der Waals surface area contributed by atoms with E-state index in [1.807, 2.05) is 29.0 Å². The molecule has 0 N–H and O–H groups in total. The molecule has 3 rings (SSSR count). The van der Waals surface area contributed by atoms with Crippen molar-refractivity contribution in [3.05, 3.63) is 52.9 Å². The SMILES string of the molecule is CCn1c(SCc2cc(F)ccc2F)nnc1-c1cccs1. The lowest BCUT2D eigenvalue weighted by Crippen LogP contribution is -1.99. The molecule has 0 saturated carbocycles. The van der Waals surface area contributed by atoms with Crippen LogP contribution in [0.2, 0.25) is 0 Å². The van der Waals surface area contributed by atoms with Gasteiger partial charge in [0.05, 0.1) is 4.88 Å². The molecule has 0 aliphatic carbocycles. The fourth-order valence-electron chi connectivity index (χ4n) is 2.06. The maximum atomic E-state index is 13.7. The highest BCUT2D eigenvalue weighted by molar-refractivity contribution is 7.98. The third kappa shape index (κ3) is 3.05. The number of benzene rings is 1. The van der Waals surface area contributed by atoms with Crippen LogP contribution in [-0.4, -0.2) is 14.8 Å². The number of rotatable bonds is 5. The third-order valence-corrected chi connectivity index (χ3v) is 5.02. The number of hydrogen-bond acceptors (Lipinski definition) is 4. The first-order valence-corrected chi connectivity index (χ1v) is 8.59. The molecule has 0 bridgehead atoms. The van der Waals surface area contributed by atoms with Gasteiger partial charge in [-0.15, -0.1) is 21.5 Å². The van der Waals surface area contributed by atoms with E-state index in [0.29, 0.717) is 23.0 Å². The van der Waals surface area contributed by atoms with Crippen molar-refractivity contribution in [1.29, 1.82) is 0 Å². The largest absolute Gasteiger partial charge is 0.302 e. The molecule has 0 radical (unpaired) electrons. The Balaban J connectivity index is 1.83. The smallest absolute Gasteiger partial charge is 0.191 e. The van der Waals surface area contributed by atoms with Gasteiger partial charge in [-0.3, -0.25) is 0 Å². The minimum Gasteiger partial charge on any atom is -0.302 e. The van der Waals surface area contributed by atoms with Gasteiger partial charge in [0.25, 0.3) is 0 Å². The number of hydrogen-bond donors (Lipinski definition) is 0. The van der Waals surface area contributed by atoms with E-state index >= 15 is 0 Å². The molecular formula is C15H13F2N3S2. The van der Waals surface area contributed by atoms with Crippen LogP contribution in [0.15, 0.2) is 40.9 Å². The lowest BCUT2D eigenvalue weighted by atomic mass is 10.2. The molecular weight excluding hydrogens is 324 g/mol. The summed E-state index contributed by atoms with van der Waals surface area (Å²) < 4.78 is 28.8. The predicted molar refractivity (Wildman–Crippen MR) is 84.9 cm³/mol. The number of halogens is 2. The Morgan fingerprint density at radius 1 is 1.23 bits per heavy atom. The van der Waals surface area contributed by atoms with Gasteiger partial charge < -0.3 is 4.57 Å². The summed E-state index contributed by atoms with van der Waals surface area (Å²) in [5, 5.41) is 11.1. The fraction of sp³-hybridized carbons (Fsp3) is 0.200. The second kappa shape index (κ2) is 6.58. The Labute approximate surface area is 135 Å². The molecule has 0 spiro atoms. The summed E-state index contributed by atoms with van der Waals surface area (Å²) in [6, 6.07) is 7.43. The van der Waals surface area contributed by atoms with Crippen molar-refractivity contribution in [3.8, 4) is 10.7 Å². The first kappa shape index (κ1) is 15.2. The number of thiophene rings is 1. The highest BCUT2D eigenvalue weighted by Gasteiger charge is 2.14. The molecule has 2 heterocycles. The van der Waals surface area contributed by atoms with Crippen LogP contribution in [0.5, 0.6) is 0 Å². The summed E-state index contributed by atoms with van der Waals surface area (Å²) >= 11 is 2.95. The molecule has 0 atom stereocenters. The monoisotopic (exact) mass is 337 g/mol. The second-order valence-electron chi connectivity index (χ2n) is 4.55. The van der Waals surface area contributed by atoms with Gasteiger partial charge >= 0.3 is 0 Å². The topological polar surface area (TPSA) is 30.7 Å². The van der Waals surface area contributed by atoms with Crippen molar-refractivity contribution >= 4 is 23.1 Å². The van der Waals surface area contributed by atoms with Crippen molar-refractivity contribution in [2.45, 2.75) is 24.4 Å². The van der Waals surface area contributed by atoms with E-state index in [2.05, 4.69) is 10.2 Å². The molecule has 0 saturated heterocycles. The van der Waals surface area contributed by atoms with Crippen molar-refractivity contribution in [1.82, 2.24) is 14.8 Å². The zero-order valence-electron chi connectivity index (χ0n) is 11.8. The van der Waals surface area contributed by atoms with Gasteiger partial charge in [0.2, 0.25) is 0 Å². The van der Waals surface area contributed by atoms with Crippen molar-refractivity contribution < 1.29 is 8.78 Å². The van der Waals surface area contributed by atoms with Gasteiger partial charge in [0.1, 0.15) is 11.6 Å². The van der Waals surface area contributed by atoms with Crippen LogP contribution in [0.25, 0.3) is 10.7 Å². The molecule has 1 aromatic carbocycles. The lowest BCUT2D eigenvalue weighted by molar-refractivity contribution is 0.591. The van der Waals surface area contributed by atoms with Crippen molar-refractivity contribution in [3.63, 3.8) is 0 Å². The summed E-state index contributed by atoms with van der Waals surface area (Å²) in [4.78, 5) is 1.04. The average molecular weight is 337 g/mol. The zero-order valence-corrected chi connectivity index (χ0v) is 13.4. The molecule has 0 aliphatic rings. The second-order valence-corrected chi connectivity index (χ2v) is 6.44. The van der Waals surface area contributed by atoms with Crippen molar-refractivity contribution in [2.24, 2.45) is 0 Å². The van der Waals surface area contributed by atoms with E-state index in [1.54, 1.807) is 11.3 Å². The van der Waals surface area contributed by atoms with Crippen molar-refractivity contribution in [2.75, 3.05) is 0 Å². The Bertz CT molecular complexity index is 769. The first-order chi connectivity index (χ1) is 10.7. The lowest BCUT2D eigenvalue weighted by Gasteiger charge is -2.06. The Hall–Kier alpha value is -1.73. The summed E-state index contributed by atoms with van der Waals surface area (Å²) in [5.74, 6) is 0.273. The van der Waals surface area contributed by atoms with Crippen LogP contribution in [0.3, 0.4) is 0 Å². The molecule has 0 unspecified atom stereocenters. The van der Waals surface area contributed by atoms with Gasteiger partial charge in [-0.2, -0.15) is 0 Å². The predicted octanol–water partition coefficient (Wildman–Crippen LogP) is 4.60. The molecule has 3 nitrogen and oxygen atoms in total. The van der Waals surface area contributed by atoms with Crippen LogP contribution < -0.4 is 0 Å². The molecule has 3 aromatic rings. The average Bonchev–Trinajstić information content (AvgIpc) is 3.16. The first-order valence-electron chi connectivity index (χ1n) is 6.73. The van der Waals surface area contributed by atoms with Gasteiger partial charge in [-0.05, 0) is 36.6 Å². The van der Waals surface area contributed by atoms with Crippen LogP contribution in [-0.2, 0) is 12.3 Å². The fourth-order valence-corrected chi connectivity index (χ4v) is 3.76. The van der Waals surface area contributed by atoms with Crippen LogP contribution in [0, 0.1) is 11.6 Å². The molecule has 22 heavy (non-hydrogen) atoms. The van der Waals surface area contributed by atoms with Gasteiger partial charge in [-0.25, -0.2) is 8.78 Å². The number of aromatic nitrogens is 3. The third-order valence-electron chi connectivity index (χ3n) is 3.14. The summed E-state index contributed by atoms with van der Waals surface area (Å²) in [7, 11) is 0. The summed E-state index contributed by atoms with van der Waals surface area (Å²) in [5.41, 5.74) is 0.327. The van der Waals surface area contributed by atoms with Crippen LogP contribution in [0.4, 0.5) is 8.78 Å². The maximum Gasteiger partial charge on any atom is 0.191 e. The van der Waals surface area contributed by atoms with Gasteiger partial charge in [0.15, 0.2) is 11.0 Å². The van der Waals surface area contributed by atoms with E-state index < -0.39 is 11.6 Å². The van der Waals surface area contributed by atoms with E-state index in [0.717, 1.165) is 22.8 Å². The standard InChI is InChI=1S/C15H13F2N3S2/c1-2-20-14(13-4-3-7-21-13)18-19-15(20)22-9-10-8-11(16)5-6-12(10)17/h3-8H,2,9H2,1H3.